The van der Waals surface area contributed by atoms with Crippen molar-refractivity contribution in [3.05, 3.63) is 0 Å². The van der Waals surface area contributed by atoms with Crippen LogP contribution in [0.4, 0.5) is 0 Å². The molecular formula is C9H16O. The van der Waals surface area contributed by atoms with Crippen LogP contribution in [0.3, 0.4) is 0 Å². The van der Waals surface area contributed by atoms with Crippen molar-refractivity contribution in [1.82, 2.24) is 0 Å². The van der Waals surface area contributed by atoms with Crippen LogP contribution in [0.2, 0.25) is 0 Å². The van der Waals surface area contributed by atoms with Gasteiger partial charge < -0.3 is 0 Å². The maximum atomic E-state index is 11.4. The molecule has 0 N–H and O–H groups in total. The van der Waals surface area contributed by atoms with E-state index in [1.165, 1.54) is 0 Å². The smallest absolute Gasteiger partial charge is 0.141 e. The summed E-state index contributed by atoms with van der Waals surface area (Å²) in [6.07, 6.45) is 1.08. The van der Waals surface area contributed by atoms with Crippen molar-refractivity contribution in [1.29, 1.82) is 0 Å². The maximum absolute atomic E-state index is 11.4. The molecule has 0 aromatic rings. The molecule has 1 fully saturated rings. The molecule has 0 radical (unpaired) electrons. The van der Waals surface area contributed by atoms with Crippen LogP contribution >= 0.6 is 0 Å². The first-order chi connectivity index (χ1) is 4.46. The molecule has 1 heteroatoms. The summed E-state index contributed by atoms with van der Waals surface area (Å²) in [7, 11) is 0. The van der Waals surface area contributed by atoms with E-state index in [1.54, 1.807) is 0 Å². The molecule has 1 nitrogen and oxygen atoms in total. The summed E-state index contributed by atoms with van der Waals surface area (Å²) in [5.41, 5.74) is -0.0561. The lowest BCUT2D eigenvalue weighted by atomic mass is 9.82. The van der Waals surface area contributed by atoms with Gasteiger partial charge in [-0.15, -0.1) is 0 Å². The topological polar surface area (TPSA) is 17.1 Å². The number of hydrogen-bond acceptors (Lipinski definition) is 1. The summed E-state index contributed by atoms with van der Waals surface area (Å²) in [6.45, 7) is 8.32. The summed E-state index contributed by atoms with van der Waals surface area (Å²) in [6, 6.07) is 0. The second-order valence-corrected chi connectivity index (χ2v) is 4.12. The standard InChI is InChI=1S/C9H16O/c1-6-5-7(2)9(3,4)8(6)10/h6-7H,5H2,1-4H3. The molecular weight excluding hydrogens is 124 g/mol. The zero-order chi connectivity index (χ0) is 7.94. The molecule has 2 atom stereocenters. The number of carbonyl (C=O) groups excluding carboxylic acids is 1. The van der Waals surface area contributed by atoms with Crippen molar-refractivity contribution in [2.24, 2.45) is 17.3 Å². The summed E-state index contributed by atoms with van der Waals surface area (Å²) in [5.74, 6) is 1.31. The van der Waals surface area contributed by atoms with Gasteiger partial charge in [0.1, 0.15) is 5.78 Å². The third kappa shape index (κ3) is 0.882. The van der Waals surface area contributed by atoms with E-state index in [9.17, 15) is 4.79 Å². The Labute approximate surface area is 62.8 Å². The van der Waals surface area contributed by atoms with Gasteiger partial charge in [0.15, 0.2) is 0 Å². The molecule has 0 aromatic carbocycles. The molecule has 1 aliphatic rings. The molecule has 58 valence electrons. The van der Waals surface area contributed by atoms with E-state index < -0.39 is 0 Å². The van der Waals surface area contributed by atoms with Gasteiger partial charge in [0.05, 0.1) is 0 Å². The molecule has 1 rings (SSSR count). The quantitative estimate of drug-likeness (QED) is 0.504. The van der Waals surface area contributed by atoms with Crippen molar-refractivity contribution in [2.75, 3.05) is 0 Å². The van der Waals surface area contributed by atoms with E-state index in [0.29, 0.717) is 17.6 Å². The average Bonchev–Trinajstić information content (AvgIpc) is 1.97. The van der Waals surface area contributed by atoms with Crippen LogP contribution in [0.15, 0.2) is 0 Å². The first-order valence-corrected chi connectivity index (χ1v) is 4.00. The second kappa shape index (κ2) is 2.08. The predicted molar refractivity (Wildman–Crippen MR) is 41.7 cm³/mol. The van der Waals surface area contributed by atoms with Gasteiger partial charge in [-0.05, 0) is 12.3 Å². The highest BCUT2D eigenvalue weighted by atomic mass is 16.1. The Hall–Kier alpha value is -0.330. The van der Waals surface area contributed by atoms with Crippen LogP contribution in [0, 0.1) is 17.3 Å². The zero-order valence-electron chi connectivity index (χ0n) is 7.27. The van der Waals surface area contributed by atoms with E-state index in [4.69, 9.17) is 0 Å². The van der Waals surface area contributed by atoms with Gasteiger partial charge in [0.2, 0.25) is 0 Å². The molecule has 10 heavy (non-hydrogen) atoms. The third-order valence-corrected chi connectivity index (χ3v) is 3.02. The fourth-order valence-corrected chi connectivity index (χ4v) is 1.81. The monoisotopic (exact) mass is 140 g/mol. The van der Waals surface area contributed by atoms with Gasteiger partial charge in [0, 0.05) is 11.3 Å². The van der Waals surface area contributed by atoms with Crippen LogP contribution in [0.1, 0.15) is 34.1 Å². The van der Waals surface area contributed by atoms with Gasteiger partial charge in [-0.25, -0.2) is 0 Å². The molecule has 1 aliphatic carbocycles. The van der Waals surface area contributed by atoms with E-state index >= 15 is 0 Å². The lowest BCUT2D eigenvalue weighted by Gasteiger charge is -2.20. The summed E-state index contributed by atoms with van der Waals surface area (Å²) in [5, 5.41) is 0. The normalized spacial score (nSPS) is 38.6. The highest BCUT2D eigenvalue weighted by molar-refractivity contribution is 5.88. The van der Waals surface area contributed by atoms with E-state index in [2.05, 4.69) is 20.8 Å². The third-order valence-electron chi connectivity index (χ3n) is 3.02. The Morgan fingerprint density at radius 1 is 1.40 bits per heavy atom. The van der Waals surface area contributed by atoms with Crippen molar-refractivity contribution >= 4 is 5.78 Å². The summed E-state index contributed by atoms with van der Waals surface area (Å²) >= 11 is 0. The Morgan fingerprint density at radius 3 is 2.00 bits per heavy atom. The van der Waals surface area contributed by atoms with Gasteiger partial charge in [0.25, 0.3) is 0 Å². The molecule has 1 saturated carbocycles. The van der Waals surface area contributed by atoms with Crippen molar-refractivity contribution < 1.29 is 4.79 Å². The van der Waals surface area contributed by atoms with Gasteiger partial charge >= 0.3 is 0 Å². The zero-order valence-corrected chi connectivity index (χ0v) is 7.27. The number of hydrogen-bond donors (Lipinski definition) is 0. The first kappa shape index (κ1) is 7.77. The highest BCUT2D eigenvalue weighted by Gasteiger charge is 2.43. The molecule has 0 amide bonds. The molecule has 0 saturated heterocycles. The first-order valence-electron chi connectivity index (χ1n) is 4.00. The van der Waals surface area contributed by atoms with Gasteiger partial charge in [-0.3, -0.25) is 4.79 Å². The minimum atomic E-state index is -0.0561. The van der Waals surface area contributed by atoms with Crippen molar-refractivity contribution in [2.45, 2.75) is 34.1 Å². The van der Waals surface area contributed by atoms with E-state index in [0.717, 1.165) is 6.42 Å². The Balaban J connectivity index is 2.85. The molecule has 0 heterocycles. The van der Waals surface area contributed by atoms with Gasteiger partial charge in [-0.2, -0.15) is 0 Å². The average molecular weight is 140 g/mol. The van der Waals surface area contributed by atoms with Crippen LogP contribution < -0.4 is 0 Å². The number of carbonyl (C=O) groups is 1. The maximum Gasteiger partial charge on any atom is 0.141 e. The Bertz CT molecular complexity index is 158. The lowest BCUT2D eigenvalue weighted by molar-refractivity contribution is -0.127. The largest absolute Gasteiger partial charge is 0.299 e. The molecule has 0 aromatic heterocycles. The Kier molecular flexibility index (Phi) is 1.61. The second-order valence-electron chi connectivity index (χ2n) is 4.12. The SMILES string of the molecule is CC1CC(C)C(C)(C)C1=O. The molecule has 0 aliphatic heterocycles. The predicted octanol–water partition coefficient (Wildman–Crippen LogP) is 2.26. The van der Waals surface area contributed by atoms with Gasteiger partial charge in [-0.1, -0.05) is 27.7 Å². The Morgan fingerprint density at radius 2 is 1.90 bits per heavy atom. The van der Waals surface area contributed by atoms with Crippen LogP contribution in [0.5, 0.6) is 0 Å². The van der Waals surface area contributed by atoms with Crippen LogP contribution in [-0.4, -0.2) is 5.78 Å². The van der Waals surface area contributed by atoms with Crippen LogP contribution in [0.25, 0.3) is 0 Å². The fraction of sp³-hybridized carbons (Fsp3) is 0.889. The van der Waals surface area contributed by atoms with Crippen molar-refractivity contribution in [3.8, 4) is 0 Å². The number of Topliss-reactive ketones (excluding diaryl/α,β-unsaturated/α-hetero) is 1. The minimum Gasteiger partial charge on any atom is -0.299 e. The van der Waals surface area contributed by atoms with Crippen LogP contribution in [-0.2, 0) is 4.79 Å². The van der Waals surface area contributed by atoms with E-state index in [-0.39, 0.29) is 5.41 Å². The lowest BCUT2D eigenvalue weighted by Crippen LogP contribution is -2.24. The number of rotatable bonds is 0. The summed E-state index contributed by atoms with van der Waals surface area (Å²) < 4.78 is 0. The minimum absolute atomic E-state index is 0.0561. The highest BCUT2D eigenvalue weighted by Crippen LogP contribution is 2.42. The van der Waals surface area contributed by atoms with E-state index in [1.807, 2.05) is 6.92 Å². The molecule has 2 unspecified atom stereocenters. The summed E-state index contributed by atoms with van der Waals surface area (Å²) in [4.78, 5) is 11.4. The fourth-order valence-electron chi connectivity index (χ4n) is 1.81. The molecule has 0 spiro atoms. The molecule has 0 bridgehead atoms. The van der Waals surface area contributed by atoms with Crippen molar-refractivity contribution in [3.63, 3.8) is 0 Å². The number of ketones is 1.